The minimum absolute atomic E-state index is 0.119. The average Bonchev–Trinajstić information content (AvgIpc) is 2.64. The van der Waals surface area contributed by atoms with Crippen LogP contribution < -0.4 is 15.6 Å². The molecular formula is C11H11ClN3O3+. The van der Waals surface area contributed by atoms with Crippen LogP contribution in [0, 0.1) is 6.92 Å². The predicted molar refractivity (Wildman–Crippen MR) is 64.6 cm³/mol. The van der Waals surface area contributed by atoms with E-state index in [-0.39, 0.29) is 5.69 Å². The third kappa shape index (κ3) is 2.28. The summed E-state index contributed by atoms with van der Waals surface area (Å²) in [4.78, 5) is 23.1. The third-order valence-corrected chi connectivity index (χ3v) is 2.86. The summed E-state index contributed by atoms with van der Waals surface area (Å²) in [6, 6.07) is 5.09. The second-order valence-electron chi connectivity index (χ2n) is 3.81. The molecule has 7 heteroatoms. The first kappa shape index (κ1) is 12.4. The zero-order valence-corrected chi connectivity index (χ0v) is 10.5. The van der Waals surface area contributed by atoms with Crippen molar-refractivity contribution in [3.63, 3.8) is 0 Å². The Morgan fingerprint density at radius 1 is 1.50 bits per heavy atom. The number of halogens is 1. The van der Waals surface area contributed by atoms with Gasteiger partial charge in [-0.25, -0.2) is 4.79 Å². The molecule has 2 rings (SSSR count). The maximum Gasteiger partial charge on any atom is 0.440 e. The molecule has 6 nitrogen and oxygen atoms in total. The number of aromatic nitrogens is 2. The summed E-state index contributed by atoms with van der Waals surface area (Å²) < 4.78 is 5.69. The lowest BCUT2D eigenvalue weighted by molar-refractivity contribution is -0.741. The molecule has 0 radical (unpaired) electrons. The highest BCUT2D eigenvalue weighted by Gasteiger charge is 2.26. The number of nitrogens with zero attached hydrogens (tertiary/aromatic N) is 1. The molecule has 0 spiro atoms. The summed E-state index contributed by atoms with van der Waals surface area (Å²) in [6.07, 6.45) is 0. The normalized spacial score (nSPS) is 10.4. The van der Waals surface area contributed by atoms with E-state index in [2.05, 4.69) is 15.1 Å². The van der Waals surface area contributed by atoms with Crippen molar-refractivity contribution in [2.24, 2.45) is 7.05 Å². The van der Waals surface area contributed by atoms with E-state index < -0.39 is 11.5 Å². The van der Waals surface area contributed by atoms with Gasteiger partial charge in [-0.3, -0.25) is 9.32 Å². The molecule has 1 amide bonds. The van der Waals surface area contributed by atoms with Crippen LogP contribution in [0.3, 0.4) is 0 Å². The van der Waals surface area contributed by atoms with Gasteiger partial charge in [0.1, 0.15) is 0 Å². The van der Waals surface area contributed by atoms with Crippen LogP contribution in [-0.2, 0) is 7.05 Å². The van der Waals surface area contributed by atoms with Crippen molar-refractivity contribution >= 4 is 23.2 Å². The number of nitrogens with one attached hydrogen (secondary N) is 2. The lowest BCUT2D eigenvalue weighted by Crippen LogP contribution is -2.41. The molecular weight excluding hydrogens is 258 g/mol. The van der Waals surface area contributed by atoms with E-state index in [1.807, 2.05) is 6.92 Å². The van der Waals surface area contributed by atoms with Crippen molar-refractivity contribution in [3.8, 4) is 0 Å². The first-order valence-corrected chi connectivity index (χ1v) is 5.52. The Balaban J connectivity index is 2.27. The van der Waals surface area contributed by atoms with Gasteiger partial charge in [-0.05, 0) is 29.9 Å². The van der Waals surface area contributed by atoms with Crippen LogP contribution in [0.25, 0.3) is 0 Å². The average molecular weight is 269 g/mol. The number of benzene rings is 1. The van der Waals surface area contributed by atoms with Gasteiger partial charge in [-0.1, -0.05) is 22.3 Å². The number of H-pyrrole nitrogens is 1. The fraction of sp³-hybridized carbons (Fsp3) is 0.182. The summed E-state index contributed by atoms with van der Waals surface area (Å²) in [6.45, 7) is 1.86. The van der Waals surface area contributed by atoms with Gasteiger partial charge in [0.05, 0.1) is 0 Å². The molecule has 2 N–H and O–H groups in total. The van der Waals surface area contributed by atoms with Crippen LogP contribution >= 0.6 is 11.6 Å². The van der Waals surface area contributed by atoms with E-state index in [0.29, 0.717) is 10.7 Å². The van der Waals surface area contributed by atoms with Gasteiger partial charge in [0, 0.05) is 10.7 Å². The van der Waals surface area contributed by atoms with Crippen LogP contribution in [0.2, 0.25) is 5.02 Å². The summed E-state index contributed by atoms with van der Waals surface area (Å²) in [5, 5.41) is 5.38. The number of hydrogen-bond donors (Lipinski definition) is 2. The number of anilines is 1. The first-order chi connectivity index (χ1) is 8.49. The van der Waals surface area contributed by atoms with Crippen molar-refractivity contribution < 1.29 is 14.0 Å². The molecule has 0 aliphatic heterocycles. The number of carbonyl (C=O) groups is 1. The molecule has 1 heterocycles. The molecule has 18 heavy (non-hydrogen) atoms. The molecule has 0 saturated heterocycles. The molecule has 94 valence electrons. The van der Waals surface area contributed by atoms with Crippen LogP contribution in [0.15, 0.2) is 27.5 Å². The monoisotopic (exact) mass is 268 g/mol. The largest absolute Gasteiger partial charge is 0.440 e. The third-order valence-electron chi connectivity index (χ3n) is 2.45. The van der Waals surface area contributed by atoms with Crippen LogP contribution in [0.1, 0.15) is 16.1 Å². The van der Waals surface area contributed by atoms with Gasteiger partial charge in [-0.15, -0.1) is 0 Å². The Kier molecular flexibility index (Phi) is 3.20. The molecule has 0 aliphatic rings. The minimum Gasteiger partial charge on any atom is -0.316 e. The molecule has 0 aliphatic carbocycles. The summed E-state index contributed by atoms with van der Waals surface area (Å²) in [5.41, 5.74) is 0.567. The molecule has 2 aromatic rings. The van der Waals surface area contributed by atoms with Crippen molar-refractivity contribution in [2.45, 2.75) is 6.92 Å². The SMILES string of the molecule is Cc1ccc(NC(=O)c2c(=O)o[nH][n+]2C)cc1Cl. The van der Waals surface area contributed by atoms with Gasteiger partial charge in [0.2, 0.25) is 0 Å². The highest BCUT2D eigenvalue weighted by Crippen LogP contribution is 2.19. The first-order valence-electron chi connectivity index (χ1n) is 5.14. The molecule has 1 aromatic carbocycles. The van der Waals surface area contributed by atoms with E-state index in [0.717, 1.165) is 5.56 Å². The molecule has 0 saturated carbocycles. The number of rotatable bonds is 2. The number of carbonyl (C=O) groups excluding carboxylic acids is 1. The van der Waals surface area contributed by atoms with Gasteiger partial charge in [-0.2, -0.15) is 0 Å². The van der Waals surface area contributed by atoms with Crippen molar-refractivity contribution in [1.29, 1.82) is 0 Å². The highest BCUT2D eigenvalue weighted by atomic mass is 35.5. The van der Waals surface area contributed by atoms with Crippen molar-refractivity contribution in [3.05, 3.63) is 44.9 Å². The van der Waals surface area contributed by atoms with Crippen molar-refractivity contribution in [2.75, 3.05) is 5.32 Å². The number of hydrogen-bond acceptors (Lipinski definition) is 3. The fourth-order valence-corrected chi connectivity index (χ4v) is 1.63. The Labute approximate surface area is 107 Å². The second kappa shape index (κ2) is 4.66. The van der Waals surface area contributed by atoms with Crippen LogP contribution in [0.5, 0.6) is 0 Å². The number of aryl methyl sites for hydroxylation is 2. The van der Waals surface area contributed by atoms with Crippen LogP contribution in [-0.4, -0.2) is 11.2 Å². The second-order valence-corrected chi connectivity index (χ2v) is 4.21. The molecule has 1 aromatic heterocycles. The molecule has 0 bridgehead atoms. The van der Waals surface area contributed by atoms with E-state index in [9.17, 15) is 9.59 Å². The number of amides is 1. The Bertz CT molecular complexity index is 660. The standard InChI is InChI=1S/C11H10ClN3O3/c1-6-3-4-7(5-8(6)12)13-10(16)9-11(17)18-14-15(9)2/h3-5H,1-2H3,(H-,13,14,16,17)/p+1. The Hall–Kier alpha value is -2.08. The maximum atomic E-state index is 11.9. The molecule has 0 atom stereocenters. The van der Waals surface area contributed by atoms with Crippen LogP contribution in [0.4, 0.5) is 5.69 Å². The maximum absolute atomic E-state index is 11.9. The highest BCUT2D eigenvalue weighted by molar-refractivity contribution is 6.31. The fourth-order valence-electron chi connectivity index (χ4n) is 1.45. The summed E-state index contributed by atoms with van der Waals surface area (Å²) in [5.74, 6) is -0.563. The number of aromatic amines is 1. The lowest BCUT2D eigenvalue weighted by atomic mass is 10.2. The zero-order chi connectivity index (χ0) is 13.3. The summed E-state index contributed by atoms with van der Waals surface area (Å²) in [7, 11) is 1.50. The minimum atomic E-state index is -0.729. The summed E-state index contributed by atoms with van der Waals surface area (Å²) >= 11 is 5.94. The van der Waals surface area contributed by atoms with E-state index in [4.69, 9.17) is 11.6 Å². The zero-order valence-electron chi connectivity index (χ0n) is 9.78. The van der Waals surface area contributed by atoms with E-state index in [1.54, 1.807) is 18.2 Å². The quantitative estimate of drug-likeness (QED) is 0.798. The molecule has 0 unspecified atom stereocenters. The predicted octanol–water partition coefficient (Wildman–Crippen LogP) is 1.01. The van der Waals surface area contributed by atoms with E-state index in [1.165, 1.54) is 11.7 Å². The van der Waals surface area contributed by atoms with Gasteiger partial charge >= 0.3 is 17.2 Å². The smallest absolute Gasteiger partial charge is 0.316 e. The van der Waals surface area contributed by atoms with E-state index >= 15 is 0 Å². The lowest BCUT2D eigenvalue weighted by Gasteiger charge is -2.03. The van der Waals surface area contributed by atoms with Gasteiger partial charge in [0.25, 0.3) is 0 Å². The van der Waals surface area contributed by atoms with Gasteiger partial charge < -0.3 is 5.32 Å². The Morgan fingerprint density at radius 2 is 2.22 bits per heavy atom. The molecule has 0 fully saturated rings. The van der Waals surface area contributed by atoms with Gasteiger partial charge in [0.15, 0.2) is 7.05 Å². The topological polar surface area (TPSA) is 79.0 Å². The Morgan fingerprint density at radius 3 is 2.78 bits per heavy atom. The van der Waals surface area contributed by atoms with Crippen molar-refractivity contribution in [1.82, 2.24) is 5.27 Å².